The van der Waals surface area contributed by atoms with Crippen molar-refractivity contribution in [3.63, 3.8) is 0 Å². The molecule has 1 unspecified atom stereocenters. The quantitative estimate of drug-likeness (QED) is 0.626. The standard InChI is InChI=1S/C20H18ClN3O3S/c1-24(20-22-18(23-28-20)15-9-5-6-10-16(15)21)19(27)14(12-17(25)26)11-13-7-3-2-4-8-13/h2-10,14H,11-12H2,1H3,(H,25,26). The molecule has 8 heteroatoms. The molecule has 0 spiro atoms. The Kier molecular flexibility index (Phi) is 6.38. The maximum absolute atomic E-state index is 13.0. The van der Waals surface area contributed by atoms with Crippen LogP contribution in [0.5, 0.6) is 0 Å². The highest BCUT2D eigenvalue weighted by molar-refractivity contribution is 7.10. The highest BCUT2D eigenvalue weighted by atomic mass is 35.5. The van der Waals surface area contributed by atoms with E-state index >= 15 is 0 Å². The first-order valence-electron chi connectivity index (χ1n) is 8.57. The van der Waals surface area contributed by atoms with Crippen molar-refractivity contribution in [3.05, 3.63) is 65.2 Å². The molecular weight excluding hydrogens is 398 g/mol. The number of nitrogens with zero attached hydrogens (tertiary/aromatic N) is 3. The van der Waals surface area contributed by atoms with Crippen molar-refractivity contribution in [1.82, 2.24) is 9.36 Å². The van der Waals surface area contributed by atoms with Crippen LogP contribution in [-0.4, -0.2) is 33.4 Å². The Morgan fingerprint density at radius 1 is 1.14 bits per heavy atom. The van der Waals surface area contributed by atoms with Crippen molar-refractivity contribution in [2.75, 3.05) is 11.9 Å². The lowest BCUT2D eigenvalue weighted by atomic mass is 9.95. The number of halogens is 1. The Morgan fingerprint density at radius 2 is 1.82 bits per heavy atom. The second kappa shape index (κ2) is 8.95. The monoisotopic (exact) mass is 415 g/mol. The Labute approximate surface area is 171 Å². The zero-order chi connectivity index (χ0) is 20.1. The zero-order valence-electron chi connectivity index (χ0n) is 15.1. The van der Waals surface area contributed by atoms with Gasteiger partial charge in [0.05, 0.1) is 17.4 Å². The molecule has 3 rings (SSSR count). The fourth-order valence-corrected chi connectivity index (χ4v) is 3.70. The number of aliphatic carboxylic acids is 1. The minimum Gasteiger partial charge on any atom is -0.481 e. The van der Waals surface area contributed by atoms with Crippen molar-refractivity contribution in [1.29, 1.82) is 0 Å². The summed E-state index contributed by atoms with van der Waals surface area (Å²) in [5, 5.41) is 10.1. The number of carboxylic acids is 1. The maximum Gasteiger partial charge on any atom is 0.304 e. The summed E-state index contributed by atoms with van der Waals surface area (Å²) in [5.41, 5.74) is 1.59. The summed E-state index contributed by atoms with van der Waals surface area (Å²) in [6.07, 6.45) is 0.0841. The van der Waals surface area contributed by atoms with Gasteiger partial charge in [-0.25, -0.2) is 0 Å². The normalized spacial score (nSPS) is 11.8. The highest BCUT2D eigenvalue weighted by Crippen LogP contribution is 2.29. The van der Waals surface area contributed by atoms with Crippen LogP contribution in [0.15, 0.2) is 54.6 Å². The van der Waals surface area contributed by atoms with E-state index in [1.54, 1.807) is 19.2 Å². The minimum absolute atomic E-state index is 0.256. The summed E-state index contributed by atoms with van der Waals surface area (Å²) in [6.45, 7) is 0. The van der Waals surface area contributed by atoms with Crippen LogP contribution in [0.25, 0.3) is 11.4 Å². The number of hydrogen-bond acceptors (Lipinski definition) is 5. The van der Waals surface area contributed by atoms with Gasteiger partial charge in [0.25, 0.3) is 0 Å². The molecule has 0 aliphatic carbocycles. The topological polar surface area (TPSA) is 83.4 Å². The number of aromatic nitrogens is 2. The van der Waals surface area contributed by atoms with E-state index in [1.807, 2.05) is 42.5 Å². The van der Waals surface area contributed by atoms with E-state index in [1.165, 1.54) is 4.90 Å². The number of hydrogen-bond donors (Lipinski definition) is 1. The number of carbonyl (C=O) groups is 2. The van der Waals surface area contributed by atoms with Gasteiger partial charge in [0.1, 0.15) is 0 Å². The lowest BCUT2D eigenvalue weighted by molar-refractivity contribution is -0.140. The third kappa shape index (κ3) is 4.74. The average Bonchev–Trinajstić information content (AvgIpc) is 3.17. The van der Waals surface area contributed by atoms with Gasteiger partial charge in [-0.3, -0.25) is 14.5 Å². The molecule has 3 aromatic rings. The fraction of sp³-hybridized carbons (Fsp3) is 0.200. The van der Waals surface area contributed by atoms with Crippen LogP contribution < -0.4 is 4.90 Å². The summed E-state index contributed by atoms with van der Waals surface area (Å²) in [4.78, 5) is 30.0. The molecule has 144 valence electrons. The van der Waals surface area contributed by atoms with Crippen molar-refractivity contribution in [3.8, 4) is 11.4 Å². The van der Waals surface area contributed by atoms with Gasteiger partial charge >= 0.3 is 5.97 Å². The maximum atomic E-state index is 13.0. The molecule has 0 saturated heterocycles. The molecule has 0 saturated carbocycles. The minimum atomic E-state index is -1.02. The molecule has 0 radical (unpaired) electrons. The zero-order valence-corrected chi connectivity index (χ0v) is 16.7. The Bertz CT molecular complexity index is 978. The lowest BCUT2D eigenvalue weighted by Gasteiger charge is -2.20. The fourth-order valence-electron chi connectivity index (χ4n) is 2.83. The van der Waals surface area contributed by atoms with Crippen LogP contribution in [0.4, 0.5) is 5.13 Å². The first kappa shape index (κ1) is 20.0. The van der Waals surface area contributed by atoms with Crippen molar-refractivity contribution in [2.45, 2.75) is 12.8 Å². The molecule has 1 aromatic heterocycles. The first-order valence-corrected chi connectivity index (χ1v) is 9.72. The van der Waals surface area contributed by atoms with Gasteiger partial charge in [0.2, 0.25) is 11.0 Å². The molecule has 0 aliphatic rings. The Hall–Kier alpha value is -2.77. The van der Waals surface area contributed by atoms with E-state index in [0.29, 0.717) is 28.0 Å². The predicted molar refractivity (Wildman–Crippen MR) is 110 cm³/mol. The second-order valence-corrected chi connectivity index (χ2v) is 7.40. The molecule has 0 bridgehead atoms. The van der Waals surface area contributed by atoms with Gasteiger partial charge in [-0.15, -0.1) is 0 Å². The molecular formula is C20H18ClN3O3S. The third-order valence-corrected chi connectivity index (χ3v) is 5.37. The molecule has 1 amide bonds. The van der Waals surface area contributed by atoms with Crippen molar-refractivity contribution < 1.29 is 14.7 Å². The number of amides is 1. The molecule has 6 nitrogen and oxygen atoms in total. The van der Waals surface area contributed by atoms with Crippen molar-refractivity contribution in [2.24, 2.45) is 5.92 Å². The van der Waals surface area contributed by atoms with Gasteiger partial charge in [-0.1, -0.05) is 54.1 Å². The van der Waals surface area contributed by atoms with Crippen LogP contribution in [0.2, 0.25) is 5.02 Å². The summed E-state index contributed by atoms with van der Waals surface area (Å²) < 4.78 is 4.29. The van der Waals surface area contributed by atoms with E-state index in [9.17, 15) is 14.7 Å². The van der Waals surface area contributed by atoms with Gasteiger partial charge in [0, 0.05) is 24.1 Å². The number of rotatable bonds is 7. The molecule has 1 heterocycles. The molecule has 2 aromatic carbocycles. The summed E-state index contributed by atoms with van der Waals surface area (Å²) in [6, 6.07) is 16.6. The second-order valence-electron chi connectivity index (χ2n) is 6.26. The Morgan fingerprint density at radius 3 is 2.50 bits per heavy atom. The van der Waals surface area contributed by atoms with E-state index in [2.05, 4.69) is 9.36 Å². The molecule has 0 aliphatic heterocycles. The van der Waals surface area contributed by atoms with Crippen LogP contribution in [-0.2, 0) is 16.0 Å². The molecule has 28 heavy (non-hydrogen) atoms. The van der Waals surface area contributed by atoms with Gasteiger partial charge in [0.15, 0.2) is 5.82 Å². The summed E-state index contributed by atoms with van der Waals surface area (Å²) in [5.74, 6) is -1.59. The highest BCUT2D eigenvalue weighted by Gasteiger charge is 2.27. The van der Waals surface area contributed by atoms with Crippen LogP contribution >= 0.6 is 23.1 Å². The van der Waals surface area contributed by atoms with Gasteiger partial charge < -0.3 is 5.11 Å². The number of benzene rings is 2. The molecule has 1 atom stereocenters. The van der Waals surface area contributed by atoms with Crippen molar-refractivity contribution >= 4 is 40.1 Å². The van der Waals surface area contributed by atoms with Gasteiger partial charge in [-0.2, -0.15) is 9.36 Å². The Balaban J connectivity index is 1.81. The van der Waals surface area contributed by atoms with Crippen LogP contribution in [0.3, 0.4) is 0 Å². The first-order chi connectivity index (χ1) is 13.5. The number of anilines is 1. The smallest absolute Gasteiger partial charge is 0.304 e. The van der Waals surface area contributed by atoms with Crippen LogP contribution in [0, 0.1) is 5.92 Å². The van der Waals surface area contributed by atoms with E-state index in [-0.39, 0.29) is 12.3 Å². The van der Waals surface area contributed by atoms with E-state index in [0.717, 1.165) is 17.1 Å². The molecule has 0 fully saturated rings. The SMILES string of the molecule is CN(C(=O)C(CC(=O)O)Cc1ccccc1)c1nc(-c2ccccc2Cl)ns1. The lowest BCUT2D eigenvalue weighted by Crippen LogP contribution is -2.35. The molecule has 1 N–H and O–H groups in total. The van der Waals surface area contributed by atoms with E-state index < -0.39 is 11.9 Å². The van der Waals surface area contributed by atoms with Gasteiger partial charge in [-0.05, 0) is 24.1 Å². The number of carbonyl (C=O) groups excluding carboxylic acids is 1. The summed E-state index contributed by atoms with van der Waals surface area (Å²) >= 11 is 7.26. The average molecular weight is 416 g/mol. The summed E-state index contributed by atoms with van der Waals surface area (Å²) in [7, 11) is 1.58. The number of carboxylic acid groups (broad SMARTS) is 1. The third-order valence-electron chi connectivity index (χ3n) is 4.24. The predicted octanol–water partition coefficient (Wildman–Crippen LogP) is 4.15. The largest absolute Gasteiger partial charge is 0.481 e. The van der Waals surface area contributed by atoms with Crippen LogP contribution in [0.1, 0.15) is 12.0 Å². The van der Waals surface area contributed by atoms with E-state index in [4.69, 9.17) is 11.6 Å².